The third-order valence-corrected chi connectivity index (χ3v) is 8.73. The number of hydrogen-bond acceptors (Lipinski definition) is 2. The van der Waals surface area contributed by atoms with E-state index in [1.54, 1.807) is 0 Å². The summed E-state index contributed by atoms with van der Waals surface area (Å²) in [6.45, 7) is 10.8. The van der Waals surface area contributed by atoms with E-state index in [1.165, 1.54) is 52.2 Å². The molecule has 0 N–H and O–H groups in total. The van der Waals surface area contributed by atoms with Crippen molar-refractivity contribution in [1.29, 1.82) is 0 Å². The molecule has 0 aromatic rings. The molecule has 1 aliphatic rings. The molecule has 0 bridgehead atoms. The summed E-state index contributed by atoms with van der Waals surface area (Å²) in [7, 11) is -1.75. The first kappa shape index (κ1) is 22.1. The lowest BCUT2D eigenvalue weighted by molar-refractivity contribution is 0.469. The Morgan fingerprint density at radius 2 is 1.42 bits per heavy atom. The van der Waals surface area contributed by atoms with Gasteiger partial charge in [0.15, 0.2) is 0 Å². The maximum Gasteiger partial charge on any atom is 0.277 e. The molecule has 2 unspecified atom stereocenters. The van der Waals surface area contributed by atoms with Gasteiger partial charge in [0.25, 0.3) is 6.56 Å². The van der Waals surface area contributed by atoms with Gasteiger partial charge in [-0.3, -0.25) is 0 Å². The van der Waals surface area contributed by atoms with E-state index in [1.807, 2.05) is 13.8 Å². The fourth-order valence-electron chi connectivity index (χ4n) is 4.42. The summed E-state index contributed by atoms with van der Waals surface area (Å²) < 4.78 is 25.4. The van der Waals surface area contributed by atoms with E-state index in [4.69, 9.17) is 0 Å². The predicted octanol–water partition coefficient (Wildman–Crippen LogP) is 5.16. The second kappa shape index (κ2) is 10.3. The molecule has 0 amide bonds. The molecule has 0 radical (unpaired) electrons. The molecule has 2 nitrogen and oxygen atoms in total. The highest BCUT2D eigenvalue weighted by atomic mass is 32.2. The summed E-state index contributed by atoms with van der Waals surface area (Å²) >= 11 is 0. The van der Waals surface area contributed by atoms with Crippen molar-refractivity contribution in [2.45, 2.75) is 115 Å². The quantitative estimate of drug-likeness (QED) is 0.617. The van der Waals surface area contributed by atoms with Gasteiger partial charge >= 0.3 is 0 Å². The molecule has 0 heterocycles. The highest BCUT2D eigenvalue weighted by Crippen LogP contribution is 2.33. The Bertz CT molecular complexity index is 446. The van der Waals surface area contributed by atoms with Gasteiger partial charge in [0, 0.05) is 0 Å². The lowest BCUT2D eigenvalue weighted by Gasteiger charge is -2.29. The Labute approximate surface area is 153 Å². The second-order valence-corrected chi connectivity index (χ2v) is 11.9. The maximum atomic E-state index is 13.0. The fourth-order valence-corrected chi connectivity index (χ4v) is 6.42. The summed E-state index contributed by atoms with van der Waals surface area (Å²) in [6.07, 6.45) is 12.0. The number of rotatable bonds is 6. The van der Waals surface area contributed by atoms with Crippen LogP contribution in [0, 0.1) is 5.92 Å². The van der Waals surface area contributed by atoms with Crippen molar-refractivity contribution in [3.63, 3.8) is 0 Å². The van der Waals surface area contributed by atoms with Crippen LogP contribution >= 0.6 is 0 Å². The molecule has 5 heteroatoms. The van der Waals surface area contributed by atoms with E-state index in [-0.39, 0.29) is 0 Å². The van der Waals surface area contributed by atoms with E-state index in [2.05, 4.69) is 20.7 Å². The molecule has 140 valence electrons. The zero-order valence-corrected chi connectivity index (χ0v) is 17.8. The molecular weight excluding hydrogens is 314 g/mol. The molecular formula is C19H40B2O2S. The van der Waals surface area contributed by atoms with Gasteiger partial charge in [0.1, 0.15) is 17.0 Å². The first-order chi connectivity index (χ1) is 11.2. The predicted molar refractivity (Wildman–Crippen MR) is 112 cm³/mol. The standard InChI is InChI=1S/C19H40B2O2S/c1-16(2)15-19(3,4)24(22,23)21-18-12-9-7-6-8-11-17(20-5)13-10-14-18/h16-18,20-21H,6-15H2,1-5H3. The summed E-state index contributed by atoms with van der Waals surface area (Å²) in [5.74, 6) is 1.66. The topological polar surface area (TPSA) is 34.1 Å². The zero-order valence-electron chi connectivity index (χ0n) is 16.9. The summed E-state index contributed by atoms with van der Waals surface area (Å²) in [6, 6.07) is 0. The van der Waals surface area contributed by atoms with Crippen molar-refractivity contribution in [3.05, 3.63) is 0 Å². The summed E-state index contributed by atoms with van der Waals surface area (Å²) in [5.41, 5.74) is 0. The summed E-state index contributed by atoms with van der Waals surface area (Å²) in [4.78, 5) is 0. The van der Waals surface area contributed by atoms with Crippen molar-refractivity contribution < 1.29 is 8.42 Å². The smallest absolute Gasteiger partial charge is 0.241 e. The van der Waals surface area contributed by atoms with E-state index in [0.717, 1.165) is 25.1 Å². The summed E-state index contributed by atoms with van der Waals surface area (Å²) in [5, 5.41) is 0. The van der Waals surface area contributed by atoms with Crippen molar-refractivity contribution in [2.24, 2.45) is 5.92 Å². The SMILES string of the molecule is CBC1CCCCCCC(BS(=O)(=O)C(C)(C)CC(C)C)CCC1. The van der Waals surface area contributed by atoms with Crippen LogP contribution in [0.1, 0.15) is 91.9 Å². The first-order valence-corrected chi connectivity index (χ1v) is 12.1. The molecule has 0 spiro atoms. The lowest BCUT2D eigenvalue weighted by atomic mass is 9.62. The average molecular weight is 354 g/mol. The average Bonchev–Trinajstić information content (AvgIpc) is 2.50. The lowest BCUT2D eigenvalue weighted by Crippen LogP contribution is -2.38. The molecule has 0 saturated heterocycles. The molecule has 1 aliphatic carbocycles. The Balaban J connectivity index is 2.70. The van der Waals surface area contributed by atoms with Crippen LogP contribution in [0.3, 0.4) is 0 Å². The van der Waals surface area contributed by atoms with E-state index < -0.39 is 14.4 Å². The van der Waals surface area contributed by atoms with Crippen molar-refractivity contribution >= 4 is 23.5 Å². The Hall–Kier alpha value is 0.0799. The zero-order chi connectivity index (χ0) is 18.2. The molecule has 1 rings (SSSR count). The molecule has 0 aliphatic heterocycles. The minimum atomic E-state index is -3.03. The van der Waals surface area contributed by atoms with E-state index in [0.29, 0.717) is 18.3 Å². The Kier molecular flexibility index (Phi) is 9.48. The van der Waals surface area contributed by atoms with E-state index in [9.17, 15) is 8.42 Å². The van der Waals surface area contributed by atoms with Crippen LogP contribution in [0.5, 0.6) is 0 Å². The van der Waals surface area contributed by atoms with Crippen LogP contribution in [0.2, 0.25) is 18.5 Å². The van der Waals surface area contributed by atoms with Gasteiger partial charge in [-0.25, -0.2) is 8.42 Å². The van der Waals surface area contributed by atoms with Gasteiger partial charge in [-0.15, -0.1) is 0 Å². The van der Waals surface area contributed by atoms with Crippen LogP contribution in [-0.4, -0.2) is 27.0 Å². The molecule has 0 aromatic carbocycles. The Morgan fingerprint density at radius 1 is 0.917 bits per heavy atom. The first-order valence-electron chi connectivity index (χ1n) is 10.4. The van der Waals surface area contributed by atoms with Crippen LogP contribution < -0.4 is 0 Å². The normalized spacial score (nSPS) is 25.1. The molecule has 2 atom stereocenters. The fraction of sp³-hybridized carbons (Fsp3) is 1.00. The van der Waals surface area contributed by atoms with Crippen LogP contribution in [0.25, 0.3) is 0 Å². The van der Waals surface area contributed by atoms with Gasteiger partial charge in [-0.05, 0) is 32.0 Å². The molecule has 24 heavy (non-hydrogen) atoms. The minimum absolute atomic E-state index is 0.372. The minimum Gasteiger partial charge on any atom is -0.241 e. The van der Waals surface area contributed by atoms with E-state index >= 15 is 0 Å². The van der Waals surface area contributed by atoms with Crippen LogP contribution in [0.4, 0.5) is 0 Å². The highest BCUT2D eigenvalue weighted by molar-refractivity contribution is 8.16. The molecule has 0 aromatic heterocycles. The molecule has 1 fully saturated rings. The highest BCUT2D eigenvalue weighted by Gasteiger charge is 2.37. The van der Waals surface area contributed by atoms with Gasteiger partial charge < -0.3 is 0 Å². The maximum absolute atomic E-state index is 13.0. The third-order valence-electron chi connectivity index (χ3n) is 5.97. The van der Waals surface area contributed by atoms with Crippen molar-refractivity contribution in [1.82, 2.24) is 0 Å². The van der Waals surface area contributed by atoms with Gasteiger partial charge in [-0.2, -0.15) is 0 Å². The van der Waals surface area contributed by atoms with Gasteiger partial charge in [0.2, 0.25) is 0 Å². The van der Waals surface area contributed by atoms with Crippen LogP contribution in [-0.2, 0) is 9.69 Å². The molecule has 1 saturated carbocycles. The van der Waals surface area contributed by atoms with Gasteiger partial charge in [0.05, 0.1) is 4.75 Å². The van der Waals surface area contributed by atoms with Crippen molar-refractivity contribution in [3.8, 4) is 0 Å². The van der Waals surface area contributed by atoms with Crippen LogP contribution in [0.15, 0.2) is 0 Å². The number of hydrogen-bond donors (Lipinski definition) is 0. The monoisotopic (exact) mass is 354 g/mol. The van der Waals surface area contributed by atoms with Crippen molar-refractivity contribution in [2.75, 3.05) is 0 Å². The van der Waals surface area contributed by atoms with Gasteiger partial charge in [-0.1, -0.05) is 84.3 Å². The Morgan fingerprint density at radius 3 is 1.96 bits per heavy atom. The third kappa shape index (κ3) is 7.54. The second-order valence-electron chi connectivity index (χ2n) is 9.20. The largest absolute Gasteiger partial charge is 0.277 e.